The second-order valence-electron chi connectivity index (χ2n) is 4.75. The Morgan fingerprint density at radius 3 is 1.71 bits per heavy atom. The van der Waals surface area contributed by atoms with Crippen LogP contribution in [0.25, 0.3) is 0 Å². The van der Waals surface area contributed by atoms with Gasteiger partial charge in [-0.1, -0.05) is 0 Å². The molecule has 82 valence electrons. The van der Waals surface area contributed by atoms with Gasteiger partial charge in [0.05, 0.1) is 24.4 Å². The summed E-state index contributed by atoms with van der Waals surface area (Å²) in [6, 6.07) is 0. The van der Waals surface area contributed by atoms with Crippen molar-refractivity contribution in [1.82, 2.24) is 0 Å². The quantitative estimate of drug-likeness (QED) is 0.648. The predicted molar refractivity (Wildman–Crippen MR) is 53.3 cm³/mol. The van der Waals surface area contributed by atoms with Crippen LogP contribution in [-0.2, 0) is 14.2 Å². The van der Waals surface area contributed by atoms with Crippen molar-refractivity contribution in [3.63, 3.8) is 0 Å². The number of ether oxygens (including phenoxy) is 3. The minimum atomic E-state index is 0.253. The number of hydrogen-bond acceptors (Lipinski definition) is 3. The van der Waals surface area contributed by atoms with Gasteiger partial charge in [0.1, 0.15) is 12.2 Å². The van der Waals surface area contributed by atoms with Gasteiger partial charge >= 0.3 is 0 Å². The Kier molecular flexibility index (Phi) is 2.82. The fourth-order valence-corrected chi connectivity index (χ4v) is 2.20. The van der Waals surface area contributed by atoms with Crippen molar-refractivity contribution in [2.24, 2.45) is 0 Å². The molecular formula is C11H20O3. The molecule has 0 amide bonds. The molecule has 3 nitrogen and oxygen atoms in total. The molecule has 2 fully saturated rings. The summed E-state index contributed by atoms with van der Waals surface area (Å²) >= 11 is 0. The predicted octanol–water partition coefficient (Wildman–Crippen LogP) is 1.74. The first-order valence-corrected chi connectivity index (χ1v) is 5.54. The Hall–Kier alpha value is -0.120. The first-order chi connectivity index (χ1) is 6.58. The maximum atomic E-state index is 5.77. The maximum Gasteiger partial charge on any atom is 0.113 e. The zero-order valence-electron chi connectivity index (χ0n) is 9.40. The zero-order chi connectivity index (χ0) is 10.3. The van der Waals surface area contributed by atoms with Crippen LogP contribution in [0.15, 0.2) is 0 Å². The molecule has 0 bridgehead atoms. The van der Waals surface area contributed by atoms with Crippen molar-refractivity contribution in [2.75, 3.05) is 0 Å². The Morgan fingerprint density at radius 2 is 1.36 bits per heavy atom. The number of hydrogen-bond donors (Lipinski definition) is 0. The molecule has 1 aliphatic carbocycles. The van der Waals surface area contributed by atoms with Crippen LogP contribution in [0.2, 0.25) is 0 Å². The highest BCUT2D eigenvalue weighted by Gasteiger charge is 2.58. The van der Waals surface area contributed by atoms with E-state index in [0.29, 0.717) is 12.2 Å². The molecule has 0 spiro atoms. The fraction of sp³-hybridized carbons (Fsp3) is 1.00. The summed E-state index contributed by atoms with van der Waals surface area (Å²) in [5.74, 6) is 0. The second-order valence-corrected chi connectivity index (χ2v) is 4.75. The van der Waals surface area contributed by atoms with Gasteiger partial charge in [0.2, 0.25) is 0 Å². The lowest BCUT2D eigenvalue weighted by atomic mass is 10.2. The third-order valence-corrected chi connectivity index (χ3v) is 2.65. The largest absolute Gasteiger partial charge is 0.373 e. The van der Waals surface area contributed by atoms with E-state index in [1.807, 2.05) is 0 Å². The lowest BCUT2D eigenvalue weighted by Gasteiger charge is -2.20. The van der Waals surface area contributed by atoms with Crippen molar-refractivity contribution in [1.29, 1.82) is 0 Å². The van der Waals surface area contributed by atoms with Crippen LogP contribution in [0, 0.1) is 0 Å². The molecule has 14 heavy (non-hydrogen) atoms. The highest BCUT2D eigenvalue weighted by Crippen LogP contribution is 2.42. The summed E-state index contributed by atoms with van der Waals surface area (Å²) in [5.41, 5.74) is 0. The van der Waals surface area contributed by atoms with Gasteiger partial charge in [0, 0.05) is 6.42 Å². The fourth-order valence-electron chi connectivity index (χ4n) is 2.20. The highest BCUT2D eigenvalue weighted by atomic mass is 16.7. The molecule has 2 rings (SSSR count). The van der Waals surface area contributed by atoms with Gasteiger partial charge in [-0.15, -0.1) is 0 Å². The summed E-state index contributed by atoms with van der Waals surface area (Å²) in [6.45, 7) is 8.25. The standard InChI is InChI=1S/C11H20O3/c1-6(2)12-8-5-9(13-7(3)4)11-10(8)14-11/h6-11H,5H2,1-4H3. The summed E-state index contributed by atoms with van der Waals surface area (Å²) in [7, 11) is 0. The maximum absolute atomic E-state index is 5.77. The average Bonchev–Trinajstić information content (AvgIpc) is 2.72. The van der Waals surface area contributed by atoms with Crippen LogP contribution < -0.4 is 0 Å². The summed E-state index contributed by atoms with van der Waals surface area (Å²) in [6.07, 6.45) is 2.67. The van der Waals surface area contributed by atoms with E-state index in [4.69, 9.17) is 14.2 Å². The molecule has 0 N–H and O–H groups in total. The van der Waals surface area contributed by atoms with E-state index in [1.54, 1.807) is 0 Å². The molecule has 0 radical (unpaired) electrons. The van der Waals surface area contributed by atoms with Gasteiger partial charge in [-0.2, -0.15) is 0 Å². The van der Waals surface area contributed by atoms with Crippen LogP contribution in [0.5, 0.6) is 0 Å². The van der Waals surface area contributed by atoms with E-state index in [2.05, 4.69) is 27.7 Å². The third-order valence-electron chi connectivity index (χ3n) is 2.65. The first kappa shape index (κ1) is 10.4. The first-order valence-electron chi connectivity index (χ1n) is 5.54. The van der Waals surface area contributed by atoms with E-state index >= 15 is 0 Å². The van der Waals surface area contributed by atoms with Gasteiger partial charge < -0.3 is 14.2 Å². The molecule has 2 aliphatic rings. The Balaban J connectivity index is 1.83. The Bertz CT molecular complexity index is 183. The van der Waals surface area contributed by atoms with Gasteiger partial charge in [0.25, 0.3) is 0 Å². The molecule has 1 saturated heterocycles. The second kappa shape index (κ2) is 3.80. The molecule has 0 aromatic rings. The van der Waals surface area contributed by atoms with Gasteiger partial charge in [-0.25, -0.2) is 0 Å². The molecular weight excluding hydrogens is 180 g/mol. The van der Waals surface area contributed by atoms with Gasteiger partial charge in [-0.05, 0) is 27.7 Å². The van der Waals surface area contributed by atoms with Crippen molar-refractivity contribution in [3.05, 3.63) is 0 Å². The van der Waals surface area contributed by atoms with Gasteiger partial charge in [-0.3, -0.25) is 0 Å². The monoisotopic (exact) mass is 200 g/mol. The molecule has 1 aliphatic heterocycles. The molecule has 0 aromatic heterocycles. The summed E-state index contributed by atoms with van der Waals surface area (Å²) in [5, 5.41) is 0. The van der Waals surface area contributed by atoms with Crippen molar-refractivity contribution in [3.8, 4) is 0 Å². The minimum absolute atomic E-state index is 0.253. The summed E-state index contributed by atoms with van der Waals surface area (Å²) in [4.78, 5) is 0. The van der Waals surface area contributed by atoms with E-state index in [-0.39, 0.29) is 24.4 Å². The Morgan fingerprint density at radius 1 is 0.929 bits per heavy atom. The number of fused-ring (bicyclic) bond motifs is 1. The molecule has 0 aromatic carbocycles. The van der Waals surface area contributed by atoms with E-state index in [0.717, 1.165) is 6.42 Å². The van der Waals surface area contributed by atoms with Crippen LogP contribution in [0.1, 0.15) is 34.1 Å². The van der Waals surface area contributed by atoms with Crippen molar-refractivity contribution in [2.45, 2.75) is 70.7 Å². The number of epoxide rings is 1. The van der Waals surface area contributed by atoms with E-state index in [1.165, 1.54) is 0 Å². The minimum Gasteiger partial charge on any atom is -0.373 e. The average molecular weight is 200 g/mol. The SMILES string of the molecule is CC(C)OC1CC(OC(C)C)C2OC12. The lowest BCUT2D eigenvalue weighted by molar-refractivity contribution is -0.0633. The van der Waals surface area contributed by atoms with Crippen LogP contribution in [-0.4, -0.2) is 36.6 Å². The van der Waals surface area contributed by atoms with Crippen LogP contribution >= 0.6 is 0 Å². The van der Waals surface area contributed by atoms with E-state index < -0.39 is 0 Å². The molecule has 1 saturated carbocycles. The summed E-state index contributed by atoms with van der Waals surface area (Å²) < 4.78 is 17.1. The smallest absolute Gasteiger partial charge is 0.113 e. The molecule has 4 unspecified atom stereocenters. The Labute approximate surface area is 85.7 Å². The topological polar surface area (TPSA) is 31.0 Å². The van der Waals surface area contributed by atoms with Crippen LogP contribution in [0.3, 0.4) is 0 Å². The third kappa shape index (κ3) is 2.10. The highest BCUT2D eigenvalue weighted by molar-refractivity contribution is 5.05. The zero-order valence-corrected chi connectivity index (χ0v) is 9.40. The van der Waals surface area contributed by atoms with Crippen molar-refractivity contribution < 1.29 is 14.2 Å². The van der Waals surface area contributed by atoms with Gasteiger partial charge in [0.15, 0.2) is 0 Å². The molecule has 3 heteroatoms. The van der Waals surface area contributed by atoms with E-state index in [9.17, 15) is 0 Å². The van der Waals surface area contributed by atoms with Crippen LogP contribution in [0.4, 0.5) is 0 Å². The van der Waals surface area contributed by atoms with Crippen molar-refractivity contribution >= 4 is 0 Å². The lowest BCUT2D eigenvalue weighted by Crippen LogP contribution is -2.25. The molecule has 4 atom stereocenters. The normalized spacial score (nSPS) is 40.7. The number of rotatable bonds is 4. The molecule has 1 heterocycles.